The smallest absolute Gasteiger partial charge is 0.321 e. The molecular formula is C17H22O5. The summed E-state index contributed by atoms with van der Waals surface area (Å²) in [7, 11) is 1.27. The van der Waals surface area contributed by atoms with Crippen molar-refractivity contribution in [2.75, 3.05) is 7.11 Å². The summed E-state index contributed by atoms with van der Waals surface area (Å²) in [6.45, 7) is 5.54. The van der Waals surface area contributed by atoms with E-state index in [1.165, 1.54) is 7.11 Å². The van der Waals surface area contributed by atoms with Crippen molar-refractivity contribution in [3.05, 3.63) is 29.8 Å². The number of benzene rings is 1. The Morgan fingerprint density at radius 3 is 2.45 bits per heavy atom. The Kier molecular flexibility index (Phi) is 5.06. The van der Waals surface area contributed by atoms with Gasteiger partial charge in [0.1, 0.15) is 11.9 Å². The number of esters is 2. The number of hydrogen-bond acceptors (Lipinski definition) is 5. The van der Waals surface area contributed by atoms with Gasteiger partial charge in [-0.2, -0.15) is 0 Å². The average Bonchev–Trinajstić information content (AvgIpc) is 2.46. The molecule has 1 aliphatic heterocycles. The summed E-state index contributed by atoms with van der Waals surface area (Å²) in [4.78, 5) is 24.5. The lowest BCUT2D eigenvalue weighted by Crippen LogP contribution is -2.36. The molecule has 0 spiro atoms. The first-order valence-corrected chi connectivity index (χ1v) is 7.48. The van der Waals surface area contributed by atoms with Gasteiger partial charge in [0.2, 0.25) is 0 Å². The second-order valence-corrected chi connectivity index (χ2v) is 5.74. The molecule has 0 saturated heterocycles. The van der Waals surface area contributed by atoms with Crippen LogP contribution in [0.1, 0.15) is 38.7 Å². The van der Waals surface area contributed by atoms with Crippen molar-refractivity contribution in [2.45, 2.75) is 45.3 Å². The quantitative estimate of drug-likeness (QED) is 0.589. The third-order valence-electron chi connectivity index (χ3n) is 3.93. The van der Waals surface area contributed by atoms with Gasteiger partial charge in [0, 0.05) is 12.3 Å². The number of hydrogen-bond donors (Lipinski definition) is 0. The molecule has 0 bridgehead atoms. The zero-order chi connectivity index (χ0) is 16.3. The van der Waals surface area contributed by atoms with Crippen molar-refractivity contribution in [1.29, 1.82) is 0 Å². The Hall–Kier alpha value is -2.04. The predicted octanol–water partition coefficient (Wildman–Crippen LogP) is 2.68. The van der Waals surface area contributed by atoms with Crippen LogP contribution in [0.25, 0.3) is 0 Å². The van der Waals surface area contributed by atoms with Crippen LogP contribution in [-0.2, 0) is 19.1 Å². The third kappa shape index (κ3) is 3.40. The molecule has 1 heterocycles. The van der Waals surface area contributed by atoms with Gasteiger partial charge in [-0.05, 0) is 25.5 Å². The molecule has 0 aliphatic carbocycles. The number of fused-ring (bicyclic) bond motifs is 1. The number of methoxy groups -OCH3 is 1. The highest BCUT2D eigenvalue weighted by molar-refractivity contribution is 5.96. The van der Waals surface area contributed by atoms with E-state index in [2.05, 4.69) is 0 Å². The molecule has 0 saturated carbocycles. The molecule has 0 radical (unpaired) electrons. The third-order valence-corrected chi connectivity index (χ3v) is 3.93. The summed E-state index contributed by atoms with van der Waals surface area (Å²) in [6, 6.07) is 7.45. The summed E-state index contributed by atoms with van der Waals surface area (Å²) in [5.41, 5.74) is 0.802. The fourth-order valence-electron chi connectivity index (χ4n) is 2.83. The van der Waals surface area contributed by atoms with Gasteiger partial charge in [-0.1, -0.05) is 25.1 Å². The van der Waals surface area contributed by atoms with Crippen molar-refractivity contribution in [1.82, 2.24) is 0 Å². The van der Waals surface area contributed by atoms with Crippen molar-refractivity contribution >= 4 is 11.9 Å². The topological polar surface area (TPSA) is 61.8 Å². The number of para-hydroxylation sites is 1. The Bertz CT molecular complexity index is 554. The van der Waals surface area contributed by atoms with E-state index in [4.69, 9.17) is 14.2 Å². The SMILES string of the molecule is COC(=O)[C@H]1C(=O)O[C@H](C)C[C@H](C)Oc2ccccc2C1C. The van der Waals surface area contributed by atoms with E-state index < -0.39 is 23.8 Å². The Labute approximate surface area is 130 Å². The van der Waals surface area contributed by atoms with Crippen LogP contribution in [0, 0.1) is 5.92 Å². The summed E-state index contributed by atoms with van der Waals surface area (Å²) in [5, 5.41) is 0. The summed E-state index contributed by atoms with van der Waals surface area (Å²) in [6.07, 6.45) is 0.139. The van der Waals surface area contributed by atoms with Gasteiger partial charge in [0.25, 0.3) is 0 Å². The van der Waals surface area contributed by atoms with Crippen LogP contribution in [0.2, 0.25) is 0 Å². The van der Waals surface area contributed by atoms with Crippen LogP contribution in [0.3, 0.4) is 0 Å². The predicted molar refractivity (Wildman–Crippen MR) is 80.6 cm³/mol. The molecular weight excluding hydrogens is 284 g/mol. The molecule has 0 aromatic heterocycles. The van der Waals surface area contributed by atoms with Gasteiger partial charge < -0.3 is 14.2 Å². The van der Waals surface area contributed by atoms with Crippen molar-refractivity contribution in [2.24, 2.45) is 5.92 Å². The first-order valence-electron chi connectivity index (χ1n) is 7.48. The van der Waals surface area contributed by atoms with E-state index in [0.29, 0.717) is 12.2 Å². The highest BCUT2D eigenvalue weighted by Crippen LogP contribution is 2.35. The monoisotopic (exact) mass is 306 g/mol. The van der Waals surface area contributed by atoms with E-state index in [-0.39, 0.29) is 12.2 Å². The highest BCUT2D eigenvalue weighted by atomic mass is 16.6. The summed E-state index contributed by atoms with van der Waals surface area (Å²) in [5.74, 6) is -1.83. The number of rotatable bonds is 1. The average molecular weight is 306 g/mol. The molecule has 22 heavy (non-hydrogen) atoms. The van der Waals surface area contributed by atoms with Crippen LogP contribution in [-0.4, -0.2) is 31.3 Å². The minimum Gasteiger partial charge on any atom is -0.490 e. The molecule has 120 valence electrons. The van der Waals surface area contributed by atoms with Gasteiger partial charge in [0.05, 0.1) is 13.2 Å². The number of carbonyl (C=O) groups is 2. The second-order valence-electron chi connectivity index (χ2n) is 5.74. The van der Waals surface area contributed by atoms with E-state index in [0.717, 1.165) is 5.56 Å². The maximum absolute atomic E-state index is 12.4. The van der Waals surface area contributed by atoms with Gasteiger partial charge in [-0.3, -0.25) is 9.59 Å². The fourth-order valence-corrected chi connectivity index (χ4v) is 2.83. The van der Waals surface area contributed by atoms with E-state index in [1.54, 1.807) is 6.92 Å². The van der Waals surface area contributed by atoms with E-state index in [9.17, 15) is 9.59 Å². The standard InChI is InChI=1S/C17H22O5/c1-10-9-11(2)22-17(19)15(16(18)20-4)12(3)13-7-5-6-8-14(13)21-10/h5-8,10-12,15H,9H2,1-4H3/t10-,11+,12?,15-/m0/s1. The van der Waals surface area contributed by atoms with Gasteiger partial charge in [0.15, 0.2) is 5.92 Å². The summed E-state index contributed by atoms with van der Waals surface area (Å²) < 4.78 is 16.2. The number of carbonyl (C=O) groups excluding carboxylic acids is 2. The number of cyclic esters (lactones) is 1. The van der Waals surface area contributed by atoms with Crippen molar-refractivity contribution < 1.29 is 23.8 Å². The van der Waals surface area contributed by atoms with Gasteiger partial charge in [-0.25, -0.2) is 0 Å². The normalized spacial score (nSPS) is 28.8. The largest absolute Gasteiger partial charge is 0.490 e. The first kappa shape index (κ1) is 16.3. The minimum absolute atomic E-state index is 0.0918. The van der Waals surface area contributed by atoms with Crippen LogP contribution in [0.5, 0.6) is 5.75 Å². The van der Waals surface area contributed by atoms with E-state index in [1.807, 2.05) is 38.1 Å². The lowest BCUT2D eigenvalue weighted by molar-refractivity contribution is -0.165. The lowest BCUT2D eigenvalue weighted by Gasteiger charge is -2.28. The molecule has 4 atom stereocenters. The van der Waals surface area contributed by atoms with Crippen LogP contribution < -0.4 is 4.74 Å². The molecule has 0 fully saturated rings. The molecule has 1 aromatic rings. The molecule has 1 aromatic carbocycles. The maximum Gasteiger partial charge on any atom is 0.321 e. The van der Waals surface area contributed by atoms with Crippen LogP contribution in [0.4, 0.5) is 0 Å². The molecule has 1 aliphatic rings. The minimum atomic E-state index is -0.995. The zero-order valence-electron chi connectivity index (χ0n) is 13.4. The molecule has 0 N–H and O–H groups in total. The number of ether oxygens (including phenoxy) is 3. The molecule has 5 nitrogen and oxygen atoms in total. The zero-order valence-corrected chi connectivity index (χ0v) is 13.4. The first-order chi connectivity index (χ1) is 10.4. The molecule has 0 amide bonds. The highest BCUT2D eigenvalue weighted by Gasteiger charge is 2.38. The second kappa shape index (κ2) is 6.81. The molecule has 5 heteroatoms. The maximum atomic E-state index is 12.4. The van der Waals surface area contributed by atoms with Crippen LogP contribution in [0.15, 0.2) is 24.3 Å². The lowest BCUT2D eigenvalue weighted by atomic mass is 9.86. The van der Waals surface area contributed by atoms with E-state index >= 15 is 0 Å². The summed E-state index contributed by atoms with van der Waals surface area (Å²) >= 11 is 0. The van der Waals surface area contributed by atoms with Gasteiger partial charge in [-0.15, -0.1) is 0 Å². The Morgan fingerprint density at radius 1 is 1.14 bits per heavy atom. The molecule has 1 unspecified atom stereocenters. The van der Waals surface area contributed by atoms with Crippen molar-refractivity contribution in [3.63, 3.8) is 0 Å². The van der Waals surface area contributed by atoms with Gasteiger partial charge >= 0.3 is 11.9 Å². The Balaban J connectivity index is 2.47. The molecule has 2 rings (SSSR count). The fraction of sp³-hybridized carbons (Fsp3) is 0.529. The Morgan fingerprint density at radius 2 is 1.77 bits per heavy atom. The van der Waals surface area contributed by atoms with Crippen LogP contribution >= 0.6 is 0 Å². The van der Waals surface area contributed by atoms with Crippen molar-refractivity contribution in [3.8, 4) is 5.75 Å².